The van der Waals surface area contributed by atoms with E-state index in [0.717, 1.165) is 28.0 Å². The summed E-state index contributed by atoms with van der Waals surface area (Å²) in [5.74, 6) is 1.08. The maximum absolute atomic E-state index is 12.6. The number of rotatable bonds is 5. The Kier molecular flexibility index (Phi) is 5.14. The summed E-state index contributed by atoms with van der Waals surface area (Å²) in [6, 6.07) is 30.6. The molecule has 0 saturated heterocycles. The van der Waals surface area contributed by atoms with Crippen LogP contribution < -0.4 is 10.1 Å². The van der Waals surface area contributed by atoms with E-state index >= 15 is 0 Å². The molecule has 156 valence electrons. The summed E-state index contributed by atoms with van der Waals surface area (Å²) in [7, 11) is 1.62. The minimum Gasteiger partial charge on any atom is -0.497 e. The van der Waals surface area contributed by atoms with Crippen molar-refractivity contribution in [2.75, 3.05) is 12.4 Å². The van der Waals surface area contributed by atoms with E-state index in [1.807, 2.05) is 97.1 Å². The number of carbonyl (C=O) groups is 1. The van der Waals surface area contributed by atoms with Crippen LogP contribution >= 0.6 is 0 Å². The Hall–Kier alpha value is -4.38. The summed E-state index contributed by atoms with van der Waals surface area (Å²) in [5.41, 5.74) is 5.73. The van der Waals surface area contributed by atoms with Gasteiger partial charge in [0.25, 0.3) is 5.91 Å². The van der Waals surface area contributed by atoms with Gasteiger partial charge in [-0.05, 0) is 59.7 Å². The second kappa shape index (κ2) is 8.40. The minimum atomic E-state index is -0.161. The van der Waals surface area contributed by atoms with Crippen LogP contribution in [0, 0.1) is 0 Å². The first-order valence-electron chi connectivity index (χ1n) is 10.2. The van der Waals surface area contributed by atoms with Gasteiger partial charge in [-0.2, -0.15) is 0 Å². The number of hydrogen-bond acceptors (Lipinski definition) is 4. The average molecular weight is 420 g/mol. The van der Waals surface area contributed by atoms with E-state index in [-0.39, 0.29) is 5.91 Å². The largest absolute Gasteiger partial charge is 0.497 e. The van der Waals surface area contributed by atoms with Gasteiger partial charge in [-0.25, -0.2) is 4.98 Å². The zero-order chi connectivity index (χ0) is 21.9. The van der Waals surface area contributed by atoms with E-state index < -0.39 is 0 Å². The minimum absolute atomic E-state index is 0.161. The first-order chi connectivity index (χ1) is 15.7. The molecule has 32 heavy (non-hydrogen) atoms. The topological polar surface area (TPSA) is 64.4 Å². The molecule has 5 nitrogen and oxygen atoms in total. The molecule has 0 aliphatic carbocycles. The lowest BCUT2D eigenvalue weighted by molar-refractivity contribution is 0.102. The van der Waals surface area contributed by atoms with Gasteiger partial charge in [0.2, 0.25) is 5.89 Å². The van der Waals surface area contributed by atoms with Crippen LogP contribution in [0.5, 0.6) is 5.75 Å². The van der Waals surface area contributed by atoms with Crippen LogP contribution in [0.15, 0.2) is 101 Å². The second-order valence-corrected chi connectivity index (χ2v) is 7.33. The van der Waals surface area contributed by atoms with Crippen molar-refractivity contribution < 1.29 is 13.9 Å². The Morgan fingerprint density at radius 1 is 0.812 bits per heavy atom. The zero-order valence-electron chi connectivity index (χ0n) is 17.4. The molecule has 5 aromatic rings. The van der Waals surface area contributed by atoms with Crippen molar-refractivity contribution >= 4 is 22.7 Å². The second-order valence-electron chi connectivity index (χ2n) is 7.33. The van der Waals surface area contributed by atoms with E-state index in [9.17, 15) is 4.79 Å². The number of carbonyl (C=O) groups excluding carboxylic acids is 1. The fourth-order valence-electron chi connectivity index (χ4n) is 3.50. The summed E-state index contributed by atoms with van der Waals surface area (Å²) in [5, 5.41) is 2.93. The van der Waals surface area contributed by atoms with Crippen LogP contribution in [-0.4, -0.2) is 18.0 Å². The lowest BCUT2D eigenvalue weighted by Crippen LogP contribution is -2.11. The van der Waals surface area contributed by atoms with Crippen LogP contribution in [-0.2, 0) is 0 Å². The number of anilines is 1. The van der Waals surface area contributed by atoms with Crippen LogP contribution in [0.2, 0.25) is 0 Å². The number of fused-ring (bicyclic) bond motifs is 1. The van der Waals surface area contributed by atoms with Gasteiger partial charge < -0.3 is 14.5 Å². The summed E-state index contributed by atoms with van der Waals surface area (Å²) in [6.07, 6.45) is 0. The van der Waals surface area contributed by atoms with Gasteiger partial charge in [0.1, 0.15) is 11.3 Å². The van der Waals surface area contributed by atoms with Crippen LogP contribution in [0.1, 0.15) is 10.4 Å². The first kappa shape index (κ1) is 19.6. The fraction of sp³-hybridized carbons (Fsp3) is 0.0370. The third-order valence-electron chi connectivity index (χ3n) is 5.24. The molecule has 0 radical (unpaired) electrons. The number of nitrogens with zero attached hydrogens (tertiary/aromatic N) is 1. The maximum atomic E-state index is 12.6. The number of nitrogens with one attached hydrogen (secondary N) is 1. The van der Waals surface area contributed by atoms with E-state index in [2.05, 4.69) is 10.3 Å². The van der Waals surface area contributed by atoms with Gasteiger partial charge in [-0.1, -0.05) is 42.5 Å². The first-order valence-corrected chi connectivity index (χ1v) is 10.2. The zero-order valence-corrected chi connectivity index (χ0v) is 17.4. The summed E-state index contributed by atoms with van der Waals surface area (Å²) >= 11 is 0. The van der Waals surface area contributed by atoms with Crippen molar-refractivity contribution in [3.05, 3.63) is 103 Å². The molecule has 4 aromatic carbocycles. The quantitative estimate of drug-likeness (QED) is 0.356. The van der Waals surface area contributed by atoms with Crippen molar-refractivity contribution in [3.63, 3.8) is 0 Å². The molecule has 5 rings (SSSR count). The lowest BCUT2D eigenvalue weighted by atomic mass is 10.0. The van der Waals surface area contributed by atoms with Crippen LogP contribution in [0.25, 0.3) is 33.7 Å². The molecule has 1 amide bonds. The predicted molar refractivity (Wildman–Crippen MR) is 126 cm³/mol. The number of oxazole rings is 1. The summed E-state index contributed by atoms with van der Waals surface area (Å²) in [4.78, 5) is 17.2. The lowest BCUT2D eigenvalue weighted by Gasteiger charge is -2.07. The maximum Gasteiger partial charge on any atom is 0.255 e. The highest BCUT2D eigenvalue weighted by Gasteiger charge is 2.11. The predicted octanol–water partition coefficient (Wildman–Crippen LogP) is 6.42. The van der Waals surface area contributed by atoms with Gasteiger partial charge >= 0.3 is 0 Å². The van der Waals surface area contributed by atoms with Crippen molar-refractivity contribution in [2.24, 2.45) is 0 Å². The molecule has 0 unspecified atom stereocenters. The number of aromatic nitrogens is 1. The number of benzene rings is 4. The van der Waals surface area contributed by atoms with Crippen molar-refractivity contribution in [1.29, 1.82) is 0 Å². The highest BCUT2D eigenvalue weighted by atomic mass is 16.5. The summed E-state index contributed by atoms with van der Waals surface area (Å²) in [6.45, 7) is 0. The molecule has 0 aliphatic heterocycles. The molecule has 0 aliphatic rings. The van der Waals surface area contributed by atoms with Gasteiger partial charge in [0.15, 0.2) is 5.58 Å². The van der Waals surface area contributed by atoms with Gasteiger partial charge in [-0.3, -0.25) is 4.79 Å². The highest BCUT2D eigenvalue weighted by Crippen LogP contribution is 2.28. The molecule has 0 spiro atoms. The standard InChI is InChI=1S/C27H20N2O3/c1-31-23-15-16-25-24(17-23)29-27(32-25)21-11-13-22(14-12-21)28-26(30)20-9-7-19(8-10-20)18-5-3-2-4-6-18/h2-17H,1H3,(H,28,30). The molecule has 1 heterocycles. The van der Waals surface area contributed by atoms with Crippen molar-refractivity contribution in [3.8, 4) is 28.3 Å². The molecule has 1 aromatic heterocycles. The fourth-order valence-corrected chi connectivity index (χ4v) is 3.50. The smallest absolute Gasteiger partial charge is 0.255 e. The number of hydrogen-bond donors (Lipinski definition) is 1. The summed E-state index contributed by atoms with van der Waals surface area (Å²) < 4.78 is 11.1. The number of amides is 1. The van der Waals surface area contributed by atoms with Gasteiger partial charge in [-0.15, -0.1) is 0 Å². The molecule has 5 heteroatoms. The third kappa shape index (κ3) is 3.96. The van der Waals surface area contributed by atoms with E-state index in [1.165, 1.54) is 0 Å². The Morgan fingerprint density at radius 3 is 2.22 bits per heavy atom. The number of methoxy groups -OCH3 is 1. The van der Waals surface area contributed by atoms with Crippen LogP contribution in [0.4, 0.5) is 5.69 Å². The van der Waals surface area contributed by atoms with Crippen molar-refractivity contribution in [1.82, 2.24) is 4.98 Å². The molecular weight excluding hydrogens is 400 g/mol. The Labute approximate surface area is 185 Å². The third-order valence-corrected chi connectivity index (χ3v) is 5.24. The molecule has 0 atom stereocenters. The highest BCUT2D eigenvalue weighted by molar-refractivity contribution is 6.04. The average Bonchev–Trinajstić information content (AvgIpc) is 3.28. The Morgan fingerprint density at radius 2 is 1.50 bits per heavy atom. The monoisotopic (exact) mass is 420 g/mol. The molecule has 0 bridgehead atoms. The SMILES string of the molecule is COc1ccc2oc(-c3ccc(NC(=O)c4ccc(-c5ccccc5)cc4)cc3)nc2c1. The van der Waals surface area contributed by atoms with E-state index in [4.69, 9.17) is 9.15 Å². The Bertz CT molecular complexity index is 1370. The van der Waals surface area contributed by atoms with E-state index in [0.29, 0.717) is 22.7 Å². The molecule has 1 N–H and O–H groups in total. The van der Waals surface area contributed by atoms with Crippen molar-refractivity contribution in [2.45, 2.75) is 0 Å². The van der Waals surface area contributed by atoms with Gasteiger partial charge in [0, 0.05) is 22.9 Å². The molecular formula is C27H20N2O3. The normalized spacial score (nSPS) is 10.8. The van der Waals surface area contributed by atoms with Gasteiger partial charge in [0.05, 0.1) is 7.11 Å². The molecule has 0 fully saturated rings. The molecule has 0 saturated carbocycles. The van der Waals surface area contributed by atoms with Crippen LogP contribution in [0.3, 0.4) is 0 Å². The number of ether oxygens (including phenoxy) is 1. The van der Waals surface area contributed by atoms with E-state index in [1.54, 1.807) is 7.11 Å². The Balaban J connectivity index is 1.30.